The van der Waals surface area contributed by atoms with Gasteiger partial charge in [0.2, 0.25) is 4.73 Å². The smallest absolute Gasteiger partial charge is 0.217 e. The van der Waals surface area contributed by atoms with E-state index in [1.807, 2.05) is 0 Å². The summed E-state index contributed by atoms with van der Waals surface area (Å²) >= 11 is 15.1. The molecule has 2 rings (SSSR count). The summed E-state index contributed by atoms with van der Waals surface area (Å²) in [4.78, 5) is 4.18. The van der Waals surface area contributed by atoms with Gasteiger partial charge in [0.15, 0.2) is 11.9 Å². The van der Waals surface area contributed by atoms with Crippen LogP contribution in [-0.4, -0.2) is 26.9 Å². The van der Waals surface area contributed by atoms with Gasteiger partial charge < -0.3 is 9.84 Å². The number of nitrogens with one attached hydrogen (secondary N) is 1. The van der Waals surface area contributed by atoms with Crippen LogP contribution >= 0.6 is 39.1 Å². The summed E-state index contributed by atoms with van der Waals surface area (Å²) in [6.45, 7) is 0.0749. The third-order valence-electron chi connectivity index (χ3n) is 2.52. The lowest BCUT2D eigenvalue weighted by molar-refractivity contribution is 0.167. The Hall–Kier alpha value is -0.820. The molecule has 2 aromatic rings. The topological polar surface area (TPSA) is 71.0 Å². The van der Waals surface area contributed by atoms with Crippen LogP contribution in [0.1, 0.15) is 24.8 Å². The van der Waals surface area contributed by atoms with Crippen molar-refractivity contribution in [2.24, 2.45) is 0 Å². The van der Waals surface area contributed by atoms with Gasteiger partial charge in [0.05, 0.1) is 0 Å². The largest absolute Gasteiger partial charge is 0.482 e. The van der Waals surface area contributed by atoms with E-state index >= 15 is 0 Å². The summed E-state index contributed by atoms with van der Waals surface area (Å²) in [5, 5.41) is 16.6. The third-order valence-corrected chi connectivity index (χ3v) is 3.31. The number of aliphatic hydroxyl groups excluding tert-OH is 1. The second-order valence-electron chi connectivity index (χ2n) is 4.07. The standard InChI is InChI=1S/C12H12BrCl2N3O2/c13-12-16-11(17-18-12)10(2-1-3-19)20-9-5-7(14)4-8(15)6-9/h4-6,10,19H,1-3H2,(H,16,17,18). The molecule has 8 heteroatoms. The molecular weight excluding hydrogens is 369 g/mol. The number of hydrogen-bond acceptors (Lipinski definition) is 4. The SMILES string of the molecule is OCCCC(Oc1cc(Cl)cc(Cl)c1)c1nc(Br)n[nH]1. The van der Waals surface area contributed by atoms with E-state index < -0.39 is 0 Å². The highest BCUT2D eigenvalue weighted by Crippen LogP contribution is 2.29. The van der Waals surface area contributed by atoms with Gasteiger partial charge in [-0.1, -0.05) is 23.2 Å². The van der Waals surface area contributed by atoms with Crippen LogP contribution in [-0.2, 0) is 0 Å². The molecule has 1 aromatic carbocycles. The van der Waals surface area contributed by atoms with E-state index in [2.05, 4.69) is 31.1 Å². The number of nitrogens with zero attached hydrogens (tertiary/aromatic N) is 2. The van der Waals surface area contributed by atoms with E-state index in [0.717, 1.165) is 0 Å². The lowest BCUT2D eigenvalue weighted by Gasteiger charge is -2.16. The maximum absolute atomic E-state index is 8.97. The van der Waals surface area contributed by atoms with Crippen LogP contribution in [0.15, 0.2) is 22.9 Å². The zero-order valence-corrected chi connectivity index (χ0v) is 13.4. The third kappa shape index (κ3) is 4.34. The fourth-order valence-electron chi connectivity index (χ4n) is 1.69. The molecule has 1 heterocycles. The maximum Gasteiger partial charge on any atom is 0.217 e. The van der Waals surface area contributed by atoms with E-state index in [-0.39, 0.29) is 12.7 Å². The van der Waals surface area contributed by atoms with Gasteiger partial charge in [-0.05, 0) is 47.0 Å². The van der Waals surface area contributed by atoms with Crippen molar-refractivity contribution in [1.82, 2.24) is 15.2 Å². The molecule has 0 saturated carbocycles. The lowest BCUT2D eigenvalue weighted by atomic mass is 10.2. The Bertz CT molecular complexity index is 559. The van der Waals surface area contributed by atoms with Gasteiger partial charge in [-0.2, -0.15) is 0 Å². The molecular formula is C12H12BrCl2N3O2. The molecule has 1 unspecified atom stereocenters. The number of hydrogen-bond donors (Lipinski definition) is 2. The van der Waals surface area contributed by atoms with Crippen molar-refractivity contribution in [2.45, 2.75) is 18.9 Å². The van der Waals surface area contributed by atoms with Gasteiger partial charge in [0.1, 0.15) is 5.75 Å². The number of ether oxygens (including phenoxy) is 1. The molecule has 0 bridgehead atoms. The van der Waals surface area contributed by atoms with E-state index in [0.29, 0.717) is 39.2 Å². The van der Waals surface area contributed by atoms with Crippen molar-refractivity contribution >= 4 is 39.1 Å². The minimum atomic E-state index is -0.365. The lowest BCUT2D eigenvalue weighted by Crippen LogP contribution is -2.10. The molecule has 0 amide bonds. The summed E-state index contributed by atoms with van der Waals surface area (Å²) in [5.41, 5.74) is 0. The first-order valence-electron chi connectivity index (χ1n) is 5.90. The Morgan fingerprint density at radius 1 is 1.30 bits per heavy atom. The highest BCUT2D eigenvalue weighted by Gasteiger charge is 2.18. The van der Waals surface area contributed by atoms with Gasteiger partial charge in [0.25, 0.3) is 0 Å². The Kier molecular flexibility index (Phi) is 5.65. The van der Waals surface area contributed by atoms with E-state index in [4.69, 9.17) is 33.0 Å². The van der Waals surface area contributed by atoms with Gasteiger partial charge in [-0.3, -0.25) is 5.10 Å². The molecule has 0 aliphatic rings. The van der Waals surface area contributed by atoms with Crippen LogP contribution < -0.4 is 4.74 Å². The van der Waals surface area contributed by atoms with Crippen LogP contribution in [0.25, 0.3) is 0 Å². The average molecular weight is 381 g/mol. The number of halogens is 3. The molecule has 0 fully saturated rings. The van der Waals surface area contributed by atoms with Gasteiger partial charge in [-0.25, -0.2) is 4.98 Å². The molecule has 2 N–H and O–H groups in total. The first kappa shape index (κ1) is 15.6. The van der Waals surface area contributed by atoms with Crippen molar-refractivity contribution in [1.29, 1.82) is 0 Å². The van der Waals surface area contributed by atoms with Gasteiger partial charge >= 0.3 is 0 Å². The predicted octanol–water partition coefficient (Wildman–Crippen LogP) is 3.77. The summed E-state index contributed by atoms with van der Waals surface area (Å²) in [7, 11) is 0. The second-order valence-corrected chi connectivity index (χ2v) is 5.65. The minimum absolute atomic E-state index is 0.0749. The molecule has 0 aliphatic heterocycles. The molecule has 5 nitrogen and oxygen atoms in total. The highest BCUT2D eigenvalue weighted by atomic mass is 79.9. The van der Waals surface area contributed by atoms with Gasteiger partial charge in [-0.15, -0.1) is 5.10 Å². The molecule has 0 radical (unpaired) electrons. The monoisotopic (exact) mass is 379 g/mol. The number of H-pyrrole nitrogens is 1. The van der Waals surface area contributed by atoms with Crippen LogP contribution in [0.3, 0.4) is 0 Å². The number of aromatic amines is 1. The Labute approximate surface area is 134 Å². The number of rotatable bonds is 6. The zero-order valence-electron chi connectivity index (χ0n) is 10.3. The van der Waals surface area contributed by atoms with Crippen LogP contribution in [0.4, 0.5) is 0 Å². The number of benzene rings is 1. The Balaban J connectivity index is 2.18. The van der Waals surface area contributed by atoms with E-state index in [1.165, 1.54) is 0 Å². The maximum atomic E-state index is 8.97. The fourth-order valence-corrected chi connectivity index (χ4v) is 2.47. The predicted molar refractivity (Wildman–Crippen MR) is 80.2 cm³/mol. The van der Waals surface area contributed by atoms with Crippen LogP contribution in [0, 0.1) is 0 Å². The quantitative estimate of drug-likeness (QED) is 0.800. The van der Waals surface area contributed by atoms with Crippen molar-refractivity contribution in [3.05, 3.63) is 38.8 Å². The molecule has 1 atom stereocenters. The number of aliphatic hydroxyl groups is 1. The average Bonchev–Trinajstić information content (AvgIpc) is 2.80. The normalized spacial score (nSPS) is 12.4. The summed E-state index contributed by atoms with van der Waals surface area (Å²) in [5.74, 6) is 1.11. The van der Waals surface area contributed by atoms with E-state index in [1.54, 1.807) is 18.2 Å². The molecule has 0 spiro atoms. The van der Waals surface area contributed by atoms with Crippen molar-refractivity contribution < 1.29 is 9.84 Å². The number of aromatic nitrogens is 3. The Morgan fingerprint density at radius 2 is 2.00 bits per heavy atom. The summed E-state index contributed by atoms with van der Waals surface area (Å²) < 4.78 is 6.30. The minimum Gasteiger partial charge on any atom is -0.482 e. The summed E-state index contributed by atoms with van der Waals surface area (Å²) in [6.07, 6.45) is 0.801. The molecule has 0 saturated heterocycles. The first-order chi connectivity index (χ1) is 9.58. The molecule has 0 aliphatic carbocycles. The molecule has 20 heavy (non-hydrogen) atoms. The molecule has 1 aromatic heterocycles. The Morgan fingerprint density at radius 3 is 2.55 bits per heavy atom. The van der Waals surface area contributed by atoms with Crippen LogP contribution in [0.5, 0.6) is 5.75 Å². The second kappa shape index (κ2) is 7.26. The van der Waals surface area contributed by atoms with Crippen LogP contribution in [0.2, 0.25) is 10.0 Å². The summed E-state index contributed by atoms with van der Waals surface area (Å²) in [6, 6.07) is 4.97. The van der Waals surface area contributed by atoms with Gasteiger partial charge in [0, 0.05) is 16.7 Å². The van der Waals surface area contributed by atoms with E-state index in [9.17, 15) is 0 Å². The van der Waals surface area contributed by atoms with Crippen molar-refractivity contribution in [2.75, 3.05) is 6.61 Å². The van der Waals surface area contributed by atoms with Crippen molar-refractivity contribution in [3.63, 3.8) is 0 Å². The zero-order chi connectivity index (χ0) is 14.5. The first-order valence-corrected chi connectivity index (χ1v) is 7.45. The highest BCUT2D eigenvalue weighted by molar-refractivity contribution is 9.10. The fraction of sp³-hybridized carbons (Fsp3) is 0.333. The van der Waals surface area contributed by atoms with Crippen molar-refractivity contribution in [3.8, 4) is 5.75 Å². The molecule has 108 valence electrons.